The number of carbonyl (C=O) groups excluding carboxylic acids is 2. The molecule has 4 N–H and O–H groups in total. The number of carboxylic acid groups (broad SMARTS) is 1. The summed E-state index contributed by atoms with van der Waals surface area (Å²) in [4.78, 5) is 23.0. The van der Waals surface area contributed by atoms with E-state index >= 15 is 0 Å². The molecule has 0 unspecified atom stereocenters. The van der Waals surface area contributed by atoms with Crippen LogP contribution in [0.1, 0.15) is 22.8 Å². The van der Waals surface area contributed by atoms with Gasteiger partial charge in [0.05, 0.1) is 17.1 Å². The minimum absolute atomic E-state index is 0.00164. The minimum atomic E-state index is -1.26. The molecule has 2 rings (SSSR count). The first-order valence-electron chi connectivity index (χ1n) is 7.69. The lowest BCUT2D eigenvalue weighted by Crippen LogP contribution is -2.90. The molecule has 132 valence electrons. The number of carbonyl (C=O) groups is 2. The van der Waals surface area contributed by atoms with Crippen LogP contribution in [0.5, 0.6) is 17.2 Å². The first kappa shape index (κ1) is 18.3. The van der Waals surface area contributed by atoms with Gasteiger partial charge in [0, 0.05) is 0 Å². The zero-order valence-electron chi connectivity index (χ0n) is 13.6. The van der Waals surface area contributed by atoms with Gasteiger partial charge in [0.2, 0.25) is 5.78 Å². The number of rotatable bonds is 8. The molecule has 0 radical (unpaired) electrons. The second-order valence-electron chi connectivity index (χ2n) is 5.53. The van der Waals surface area contributed by atoms with Crippen molar-refractivity contribution in [1.82, 2.24) is 0 Å². The Bertz CT molecular complexity index is 760. The van der Waals surface area contributed by atoms with Gasteiger partial charge >= 0.3 is 0 Å². The first-order chi connectivity index (χ1) is 11.9. The Labute approximate surface area is 144 Å². The molecule has 0 amide bonds. The summed E-state index contributed by atoms with van der Waals surface area (Å²) in [7, 11) is 0. The van der Waals surface area contributed by atoms with Gasteiger partial charge in [0.15, 0.2) is 6.61 Å². The molecular weight excluding hydrogens is 326 g/mol. The Balaban J connectivity index is 2.11. The lowest BCUT2D eigenvalue weighted by Gasteiger charge is -2.14. The van der Waals surface area contributed by atoms with E-state index in [2.05, 4.69) is 0 Å². The maximum absolute atomic E-state index is 12.3. The van der Waals surface area contributed by atoms with E-state index in [-0.39, 0.29) is 35.8 Å². The van der Waals surface area contributed by atoms with Crippen LogP contribution < -0.4 is 15.2 Å². The number of phenolic OH excluding ortho intramolecular Hbond substituents is 2. The number of hydrogen-bond donors (Lipinski definition) is 3. The molecule has 25 heavy (non-hydrogen) atoms. The van der Waals surface area contributed by atoms with Crippen LogP contribution in [0.25, 0.3) is 0 Å². The second-order valence-corrected chi connectivity index (χ2v) is 5.53. The van der Waals surface area contributed by atoms with E-state index in [4.69, 9.17) is 4.74 Å². The molecule has 0 fully saturated rings. The molecule has 0 saturated carbocycles. The van der Waals surface area contributed by atoms with Crippen LogP contribution >= 0.6 is 0 Å². The fourth-order valence-corrected chi connectivity index (χ4v) is 2.19. The van der Waals surface area contributed by atoms with Crippen molar-refractivity contribution in [3.05, 3.63) is 53.6 Å². The number of nitrogens with two attached hydrogens (primary N) is 1. The number of ketones is 1. The average Bonchev–Trinajstić information content (AvgIpc) is 2.60. The second kappa shape index (κ2) is 8.16. The van der Waals surface area contributed by atoms with E-state index in [1.54, 1.807) is 24.3 Å². The van der Waals surface area contributed by atoms with Gasteiger partial charge in [-0.25, -0.2) is 0 Å². The lowest BCUT2D eigenvalue weighted by molar-refractivity contribution is -0.695. The summed E-state index contributed by atoms with van der Waals surface area (Å²) in [6.07, 6.45) is 0. The summed E-state index contributed by atoms with van der Waals surface area (Å²) in [5.41, 5.74) is 0.0805. The van der Waals surface area contributed by atoms with Gasteiger partial charge in [-0.05, 0) is 31.2 Å². The van der Waals surface area contributed by atoms with Crippen molar-refractivity contribution in [2.24, 2.45) is 0 Å². The molecule has 2 aromatic carbocycles. The summed E-state index contributed by atoms with van der Waals surface area (Å²) in [5.74, 6) is -1.81. The third kappa shape index (κ3) is 4.71. The van der Waals surface area contributed by atoms with E-state index in [9.17, 15) is 24.9 Å². The summed E-state index contributed by atoms with van der Waals surface area (Å²) in [6.45, 7) is 1.13. The fraction of sp³-hybridized carbons (Fsp3) is 0.222. The third-order valence-electron chi connectivity index (χ3n) is 3.72. The number of quaternary nitrogens is 1. The van der Waals surface area contributed by atoms with Gasteiger partial charge in [-0.3, -0.25) is 4.79 Å². The van der Waals surface area contributed by atoms with Gasteiger partial charge in [-0.15, -0.1) is 0 Å². The number of ether oxygens (including phenoxy) is 1. The van der Waals surface area contributed by atoms with E-state index in [1.165, 1.54) is 24.4 Å². The van der Waals surface area contributed by atoms with Gasteiger partial charge in [0.1, 0.15) is 29.8 Å². The van der Waals surface area contributed by atoms with Gasteiger partial charge in [-0.1, -0.05) is 18.2 Å². The van der Waals surface area contributed by atoms with Crippen LogP contribution in [-0.4, -0.2) is 34.6 Å². The molecule has 0 aliphatic rings. The monoisotopic (exact) mass is 345 g/mol. The molecule has 0 aliphatic carbocycles. The number of aromatic hydroxyl groups is 2. The molecular formula is C18H19NO6. The van der Waals surface area contributed by atoms with Crippen LogP contribution in [0, 0.1) is 0 Å². The number of hydrogen-bond acceptors (Lipinski definition) is 6. The minimum Gasteiger partial charge on any atom is -0.544 e. The highest BCUT2D eigenvalue weighted by Gasteiger charge is 2.20. The molecule has 0 saturated heterocycles. The van der Waals surface area contributed by atoms with Crippen molar-refractivity contribution in [2.45, 2.75) is 19.5 Å². The fourth-order valence-electron chi connectivity index (χ4n) is 2.19. The Morgan fingerprint density at radius 2 is 1.84 bits per heavy atom. The number of carboxylic acids is 1. The Kier molecular flexibility index (Phi) is 5.97. The Morgan fingerprint density at radius 1 is 1.16 bits per heavy atom. The number of aliphatic carboxylic acids is 1. The zero-order chi connectivity index (χ0) is 18.4. The van der Waals surface area contributed by atoms with Crippen molar-refractivity contribution >= 4 is 11.8 Å². The van der Waals surface area contributed by atoms with E-state index in [0.29, 0.717) is 5.75 Å². The first-order valence-corrected chi connectivity index (χ1v) is 7.69. The average molecular weight is 345 g/mol. The van der Waals surface area contributed by atoms with Crippen molar-refractivity contribution in [1.29, 1.82) is 0 Å². The van der Waals surface area contributed by atoms with Gasteiger partial charge in [0.25, 0.3) is 0 Å². The molecule has 7 heteroatoms. The summed E-state index contributed by atoms with van der Waals surface area (Å²) < 4.78 is 5.36. The SMILES string of the molecule is C[C@@H]([NH2+]Cc1c(O)ccc(C(=O)COc2ccccc2)c1O)C(=O)[O-]. The van der Waals surface area contributed by atoms with E-state index < -0.39 is 17.8 Å². The smallest absolute Gasteiger partial charge is 0.203 e. The molecule has 0 spiro atoms. The zero-order valence-corrected chi connectivity index (χ0v) is 13.6. The highest BCUT2D eigenvalue weighted by Crippen LogP contribution is 2.30. The predicted molar refractivity (Wildman–Crippen MR) is 86.1 cm³/mol. The van der Waals surface area contributed by atoms with Crippen LogP contribution in [0.2, 0.25) is 0 Å². The van der Waals surface area contributed by atoms with Crippen LogP contribution in [0.15, 0.2) is 42.5 Å². The molecule has 0 heterocycles. The number of para-hydroxylation sites is 1. The lowest BCUT2D eigenvalue weighted by atomic mass is 10.0. The molecule has 7 nitrogen and oxygen atoms in total. The molecule has 0 aromatic heterocycles. The van der Waals surface area contributed by atoms with Crippen LogP contribution in [0.4, 0.5) is 0 Å². The molecule has 2 aromatic rings. The summed E-state index contributed by atoms with van der Waals surface area (Å²) in [6, 6.07) is 10.5. The molecule has 0 bridgehead atoms. The quantitative estimate of drug-likeness (QED) is 0.557. The maximum atomic E-state index is 12.3. The van der Waals surface area contributed by atoms with Crippen molar-refractivity contribution in [2.75, 3.05) is 6.61 Å². The highest BCUT2D eigenvalue weighted by molar-refractivity contribution is 6.00. The van der Waals surface area contributed by atoms with E-state index in [1.807, 2.05) is 6.07 Å². The van der Waals surface area contributed by atoms with Gasteiger partial charge < -0.3 is 30.2 Å². The van der Waals surface area contributed by atoms with E-state index in [0.717, 1.165) is 0 Å². The standard InChI is InChI=1S/C18H19NO6/c1-11(18(23)24)19-9-14-15(20)8-7-13(17(14)22)16(21)10-25-12-5-3-2-4-6-12/h2-8,11,19-20,22H,9-10H2,1H3,(H,23,24)/t11-/m1/s1. The van der Waals surface area contributed by atoms with Crippen LogP contribution in [-0.2, 0) is 11.3 Å². The van der Waals surface area contributed by atoms with Crippen molar-refractivity contribution in [3.63, 3.8) is 0 Å². The molecule has 1 atom stereocenters. The van der Waals surface area contributed by atoms with Crippen LogP contribution in [0.3, 0.4) is 0 Å². The summed E-state index contributed by atoms with van der Waals surface area (Å²) >= 11 is 0. The summed E-state index contributed by atoms with van der Waals surface area (Å²) in [5, 5.41) is 32.3. The Morgan fingerprint density at radius 3 is 2.48 bits per heavy atom. The maximum Gasteiger partial charge on any atom is 0.203 e. The van der Waals surface area contributed by atoms with Crippen molar-refractivity contribution < 1.29 is 35.0 Å². The third-order valence-corrected chi connectivity index (χ3v) is 3.72. The van der Waals surface area contributed by atoms with Crippen molar-refractivity contribution in [3.8, 4) is 17.2 Å². The normalized spacial score (nSPS) is 11.7. The highest BCUT2D eigenvalue weighted by atomic mass is 16.5. The molecule has 0 aliphatic heterocycles. The topological polar surface area (TPSA) is 124 Å². The Hall–Kier alpha value is -3.06. The number of phenols is 2. The number of Topliss-reactive ketones (excluding diaryl/α,β-unsaturated/α-hetero) is 1. The largest absolute Gasteiger partial charge is 0.544 e. The number of benzene rings is 2. The van der Waals surface area contributed by atoms with Gasteiger partial charge in [-0.2, -0.15) is 0 Å². The predicted octanol–water partition coefficient (Wildman–Crippen LogP) is -0.439.